The highest BCUT2D eigenvalue weighted by Crippen LogP contribution is 2.23. The van der Waals surface area contributed by atoms with Crippen molar-refractivity contribution < 1.29 is 18.3 Å². The summed E-state index contributed by atoms with van der Waals surface area (Å²) in [5.74, 6) is -1.09. The van der Waals surface area contributed by atoms with E-state index >= 15 is 0 Å². The van der Waals surface area contributed by atoms with Gasteiger partial charge in [0.15, 0.2) is 5.16 Å². The topological polar surface area (TPSA) is 115 Å². The lowest BCUT2D eigenvalue weighted by molar-refractivity contribution is -0.133. The van der Waals surface area contributed by atoms with Gasteiger partial charge in [-0.25, -0.2) is 18.5 Å². The van der Waals surface area contributed by atoms with Crippen LogP contribution in [-0.2, 0) is 14.8 Å². The van der Waals surface area contributed by atoms with E-state index in [-0.39, 0.29) is 10.6 Å². The Morgan fingerprint density at radius 1 is 1.48 bits per heavy atom. The largest absolute Gasteiger partial charge is 0.481 e. The van der Waals surface area contributed by atoms with Gasteiger partial charge in [-0.3, -0.25) is 9.36 Å². The first-order valence-electron chi connectivity index (χ1n) is 5.81. The van der Waals surface area contributed by atoms with Crippen LogP contribution in [0.1, 0.15) is 5.69 Å². The smallest absolute Gasteiger partial charge is 0.313 e. The molecule has 2 aromatic rings. The first kappa shape index (κ1) is 15.5. The van der Waals surface area contributed by atoms with Crippen LogP contribution in [0, 0.1) is 6.92 Å². The Labute approximate surface area is 125 Å². The van der Waals surface area contributed by atoms with E-state index in [1.165, 1.54) is 12.1 Å². The molecule has 0 fully saturated rings. The van der Waals surface area contributed by atoms with Gasteiger partial charge in [0.1, 0.15) is 0 Å². The van der Waals surface area contributed by atoms with Crippen molar-refractivity contribution in [3.8, 4) is 5.69 Å². The van der Waals surface area contributed by atoms with Gasteiger partial charge in [-0.1, -0.05) is 17.8 Å². The van der Waals surface area contributed by atoms with E-state index in [9.17, 15) is 13.2 Å². The number of primary sulfonamides is 1. The molecule has 0 unspecified atom stereocenters. The summed E-state index contributed by atoms with van der Waals surface area (Å²) in [7, 11) is -3.80. The van der Waals surface area contributed by atoms with E-state index in [4.69, 9.17) is 10.2 Å². The van der Waals surface area contributed by atoms with Crippen molar-refractivity contribution in [3.63, 3.8) is 0 Å². The molecule has 0 spiro atoms. The number of carbonyl (C=O) groups is 1. The second kappa shape index (κ2) is 5.88. The summed E-state index contributed by atoms with van der Waals surface area (Å²) >= 11 is 1.06. The van der Waals surface area contributed by atoms with Gasteiger partial charge in [0.05, 0.1) is 16.3 Å². The number of aromatic nitrogens is 2. The quantitative estimate of drug-likeness (QED) is 0.792. The van der Waals surface area contributed by atoms with Crippen LogP contribution in [0.5, 0.6) is 0 Å². The SMILES string of the molecule is Cc1cn(-c2cccc(S(N)(=O)=O)c2)c(SCC(=O)O)n1. The summed E-state index contributed by atoms with van der Waals surface area (Å²) in [5, 5.41) is 14.3. The minimum atomic E-state index is -3.80. The van der Waals surface area contributed by atoms with Crippen LogP contribution < -0.4 is 5.14 Å². The molecular weight excluding hydrogens is 314 g/mol. The number of nitrogens with two attached hydrogens (primary N) is 1. The first-order valence-corrected chi connectivity index (χ1v) is 8.34. The monoisotopic (exact) mass is 327 g/mol. The molecule has 21 heavy (non-hydrogen) atoms. The van der Waals surface area contributed by atoms with Crippen molar-refractivity contribution in [2.24, 2.45) is 5.14 Å². The van der Waals surface area contributed by atoms with Gasteiger partial charge < -0.3 is 5.11 Å². The van der Waals surface area contributed by atoms with Crippen molar-refractivity contribution in [2.45, 2.75) is 17.0 Å². The summed E-state index contributed by atoms with van der Waals surface area (Å²) in [4.78, 5) is 14.9. The van der Waals surface area contributed by atoms with Gasteiger partial charge in [-0.2, -0.15) is 0 Å². The molecule has 9 heteroatoms. The van der Waals surface area contributed by atoms with Crippen molar-refractivity contribution >= 4 is 27.8 Å². The summed E-state index contributed by atoms with van der Waals surface area (Å²) in [6.07, 6.45) is 1.70. The molecule has 3 N–H and O–H groups in total. The Balaban J connectivity index is 2.44. The maximum Gasteiger partial charge on any atom is 0.313 e. The molecule has 0 saturated heterocycles. The highest BCUT2D eigenvalue weighted by atomic mass is 32.2. The standard InChI is InChI=1S/C12H13N3O4S2/c1-8-6-15(12(14-8)20-7-11(16)17)9-3-2-4-10(5-9)21(13,18)19/h2-6H,7H2,1H3,(H,16,17)(H2,13,18,19). The number of hydrogen-bond donors (Lipinski definition) is 2. The van der Waals surface area contributed by atoms with Crippen molar-refractivity contribution in [2.75, 3.05) is 5.75 Å². The Hall–Kier alpha value is -1.84. The van der Waals surface area contributed by atoms with Gasteiger partial charge in [0.25, 0.3) is 0 Å². The molecule has 0 radical (unpaired) electrons. The number of aliphatic carboxylic acids is 1. The molecular formula is C12H13N3O4S2. The molecule has 112 valence electrons. The number of rotatable bonds is 5. The van der Waals surface area contributed by atoms with Crippen LogP contribution >= 0.6 is 11.8 Å². The average Bonchev–Trinajstić information content (AvgIpc) is 2.77. The molecule has 1 aromatic carbocycles. The third-order valence-corrected chi connectivity index (χ3v) is 4.39. The summed E-state index contributed by atoms with van der Waals surface area (Å²) in [6.45, 7) is 1.77. The molecule has 0 amide bonds. The zero-order chi connectivity index (χ0) is 15.6. The fourth-order valence-electron chi connectivity index (χ4n) is 1.70. The third-order valence-electron chi connectivity index (χ3n) is 2.54. The van der Waals surface area contributed by atoms with Crippen molar-refractivity contribution in [1.82, 2.24) is 9.55 Å². The predicted molar refractivity (Wildman–Crippen MR) is 78.0 cm³/mol. The molecule has 1 aromatic heterocycles. The van der Waals surface area contributed by atoms with Crippen LogP contribution in [0.4, 0.5) is 0 Å². The lowest BCUT2D eigenvalue weighted by Gasteiger charge is -2.08. The molecule has 0 saturated carbocycles. The van der Waals surface area contributed by atoms with Crippen LogP contribution in [0.3, 0.4) is 0 Å². The lowest BCUT2D eigenvalue weighted by atomic mass is 10.3. The molecule has 1 heterocycles. The molecule has 0 aliphatic heterocycles. The number of sulfonamides is 1. The number of hydrogen-bond acceptors (Lipinski definition) is 5. The maximum atomic E-state index is 11.4. The van der Waals surface area contributed by atoms with Gasteiger partial charge in [-0.15, -0.1) is 0 Å². The summed E-state index contributed by atoms with van der Waals surface area (Å²) in [5.41, 5.74) is 1.25. The molecule has 0 aliphatic carbocycles. The van der Waals surface area contributed by atoms with E-state index in [2.05, 4.69) is 4.98 Å². The summed E-state index contributed by atoms with van der Waals surface area (Å²) < 4.78 is 24.4. The second-order valence-corrected chi connectivity index (χ2v) is 6.76. The van der Waals surface area contributed by atoms with E-state index in [1.807, 2.05) is 0 Å². The van der Waals surface area contributed by atoms with Gasteiger partial charge in [0.2, 0.25) is 10.0 Å². The molecule has 0 atom stereocenters. The number of benzene rings is 1. The van der Waals surface area contributed by atoms with Gasteiger partial charge in [-0.05, 0) is 25.1 Å². The normalized spacial score (nSPS) is 11.5. The van der Waals surface area contributed by atoms with E-state index in [1.54, 1.807) is 29.8 Å². The fourth-order valence-corrected chi connectivity index (χ4v) is 3.01. The Kier molecular flexibility index (Phi) is 4.35. The van der Waals surface area contributed by atoms with Gasteiger partial charge in [0, 0.05) is 11.9 Å². The first-order chi connectivity index (χ1) is 9.77. The maximum absolute atomic E-state index is 11.4. The molecule has 0 aliphatic rings. The minimum Gasteiger partial charge on any atom is -0.481 e. The van der Waals surface area contributed by atoms with Crippen molar-refractivity contribution in [3.05, 3.63) is 36.2 Å². The van der Waals surface area contributed by atoms with E-state index < -0.39 is 16.0 Å². The van der Waals surface area contributed by atoms with Crippen LogP contribution in [0.15, 0.2) is 40.5 Å². The number of carboxylic acids is 1. The highest BCUT2D eigenvalue weighted by molar-refractivity contribution is 7.99. The van der Waals surface area contributed by atoms with Crippen LogP contribution in [0.2, 0.25) is 0 Å². The number of nitrogens with zero attached hydrogens (tertiary/aromatic N) is 2. The Morgan fingerprint density at radius 3 is 2.81 bits per heavy atom. The van der Waals surface area contributed by atoms with Crippen LogP contribution in [-0.4, -0.2) is 34.8 Å². The Morgan fingerprint density at radius 2 is 2.19 bits per heavy atom. The average molecular weight is 327 g/mol. The zero-order valence-corrected chi connectivity index (χ0v) is 12.7. The summed E-state index contributed by atoms with van der Waals surface area (Å²) in [6, 6.07) is 6.07. The Bertz CT molecular complexity index is 784. The number of aryl methyl sites for hydroxylation is 1. The second-order valence-electron chi connectivity index (χ2n) is 4.26. The number of thioether (sulfide) groups is 1. The zero-order valence-electron chi connectivity index (χ0n) is 11.1. The molecule has 0 bridgehead atoms. The molecule has 7 nitrogen and oxygen atoms in total. The van der Waals surface area contributed by atoms with E-state index in [0.29, 0.717) is 16.5 Å². The van der Waals surface area contributed by atoms with Crippen molar-refractivity contribution in [1.29, 1.82) is 0 Å². The van der Waals surface area contributed by atoms with E-state index in [0.717, 1.165) is 11.8 Å². The number of imidazole rings is 1. The fraction of sp³-hybridized carbons (Fsp3) is 0.167. The predicted octanol–water partition coefficient (Wildman–Crippen LogP) is 1.00. The third kappa shape index (κ3) is 3.84. The number of carboxylic acid groups (broad SMARTS) is 1. The molecule has 2 rings (SSSR count). The lowest BCUT2D eigenvalue weighted by Crippen LogP contribution is -2.12. The van der Waals surface area contributed by atoms with Crippen LogP contribution in [0.25, 0.3) is 5.69 Å². The highest BCUT2D eigenvalue weighted by Gasteiger charge is 2.13. The minimum absolute atomic E-state index is 0.0134. The van der Waals surface area contributed by atoms with Gasteiger partial charge >= 0.3 is 5.97 Å².